The molecule has 1 saturated carbocycles. The SMILES string of the molecule is CC(C)(C)CCNCc1ccccc1C1CC1. The zero-order chi connectivity index (χ0) is 12.3. The maximum absolute atomic E-state index is 3.58. The van der Waals surface area contributed by atoms with Crippen molar-refractivity contribution in [2.24, 2.45) is 5.41 Å². The molecule has 0 radical (unpaired) electrons. The zero-order valence-corrected chi connectivity index (χ0v) is 11.4. The Labute approximate surface area is 106 Å². The van der Waals surface area contributed by atoms with E-state index in [-0.39, 0.29) is 0 Å². The Morgan fingerprint density at radius 1 is 1.18 bits per heavy atom. The molecule has 1 N–H and O–H groups in total. The van der Waals surface area contributed by atoms with Crippen LogP contribution in [0.2, 0.25) is 0 Å². The van der Waals surface area contributed by atoms with E-state index in [1.54, 1.807) is 5.56 Å². The predicted octanol–water partition coefficient (Wildman–Crippen LogP) is 4.09. The molecule has 1 nitrogen and oxygen atoms in total. The molecule has 1 aromatic carbocycles. The highest BCUT2D eigenvalue weighted by molar-refractivity contribution is 5.33. The van der Waals surface area contributed by atoms with Crippen LogP contribution in [0.5, 0.6) is 0 Å². The zero-order valence-electron chi connectivity index (χ0n) is 11.4. The van der Waals surface area contributed by atoms with E-state index >= 15 is 0 Å². The van der Waals surface area contributed by atoms with Crippen molar-refractivity contribution >= 4 is 0 Å². The molecule has 1 aromatic rings. The van der Waals surface area contributed by atoms with Gasteiger partial charge in [-0.3, -0.25) is 0 Å². The molecule has 17 heavy (non-hydrogen) atoms. The van der Waals surface area contributed by atoms with Gasteiger partial charge in [0.25, 0.3) is 0 Å². The maximum Gasteiger partial charge on any atom is 0.0208 e. The summed E-state index contributed by atoms with van der Waals surface area (Å²) in [6.07, 6.45) is 4.01. The van der Waals surface area contributed by atoms with Crippen LogP contribution in [0.4, 0.5) is 0 Å². The summed E-state index contributed by atoms with van der Waals surface area (Å²) in [5.74, 6) is 0.857. The van der Waals surface area contributed by atoms with Crippen LogP contribution in [0.25, 0.3) is 0 Å². The minimum absolute atomic E-state index is 0.434. The molecule has 0 atom stereocenters. The first-order valence-electron chi connectivity index (χ1n) is 6.85. The van der Waals surface area contributed by atoms with Gasteiger partial charge in [-0.15, -0.1) is 0 Å². The second kappa shape index (κ2) is 5.22. The summed E-state index contributed by atoms with van der Waals surface area (Å²) in [7, 11) is 0. The minimum Gasteiger partial charge on any atom is -0.313 e. The number of benzene rings is 1. The predicted molar refractivity (Wildman–Crippen MR) is 74.2 cm³/mol. The Bertz CT molecular complexity index is 358. The molecular weight excluding hydrogens is 206 g/mol. The van der Waals surface area contributed by atoms with Gasteiger partial charge < -0.3 is 5.32 Å². The van der Waals surface area contributed by atoms with Crippen LogP contribution < -0.4 is 5.32 Å². The first kappa shape index (κ1) is 12.6. The van der Waals surface area contributed by atoms with E-state index in [0.717, 1.165) is 19.0 Å². The lowest BCUT2D eigenvalue weighted by Gasteiger charge is -2.18. The van der Waals surface area contributed by atoms with Crippen molar-refractivity contribution in [3.63, 3.8) is 0 Å². The highest BCUT2D eigenvalue weighted by Gasteiger charge is 2.25. The van der Waals surface area contributed by atoms with Gasteiger partial charge in [0.05, 0.1) is 0 Å². The monoisotopic (exact) mass is 231 g/mol. The molecule has 0 amide bonds. The van der Waals surface area contributed by atoms with Crippen molar-refractivity contribution < 1.29 is 0 Å². The average molecular weight is 231 g/mol. The molecular formula is C16H25N. The van der Waals surface area contributed by atoms with Gasteiger partial charge >= 0.3 is 0 Å². The average Bonchev–Trinajstić information content (AvgIpc) is 3.07. The van der Waals surface area contributed by atoms with E-state index in [1.165, 1.54) is 24.8 Å². The van der Waals surface area contributed by atoms with Crippen LogP contribution >= 0.6 is 0 Å². The van der Waals surface area contributed by atoms with Crippen LogP contribution in [-0.4, -0.2) is 6.54 Å². The summed E-state index contributed by atoms with van der Waals surface area (Å²) < 4.78 is 0. The quantitative estimate of drug-likeness (QED) is 0.753. The summed E-state index contributed by atoms with van der Waals surface area (Å²) in [5.41, 5.74) is 3.52. The number of rotatable bonds is 5. The van der Waals surface area contributed by atoms with Crippen LogP contribution in [0.15, 0.2) is 24.3 Å². The molecule has 0 spiro atoms. The summed E-state index contributed by atoms with van der Waals surface area (Å²) in [5, 5.41) is 3.58. The molecule has 94 valence electrons. The van der Waals surface area contributed by atoms with Gasteiger partial charge in [0.15, 0.2) is 0 Å². The van der Waals surface area contributed by atoms with Crippen molar-refractivity contribution in [1.82, 2.24) is 5.32 Å². The smallest absolute Gasteiger partial charge is 0.0208 e. The lowest BCUT2D eigenvalue weighted by molar-refractivity contribution is 0.366. The third-order valence-corrected chi connectivity index (χ3v) is 3.44. The van der Waals surface area contributed by atoms with Gasteiger partial charge in [0, 0.05) is 6.54 Å². The Morgan fingerprint density at radius 3 is 2.53 bits per heavy atom. The number of hydrogen-bond donors (Lipinski definition) is 1. The first-order chi connectivity index (χ1) is 8.06. The first-order valence-corrected chi connectivity index (χ1v) is 6.85. The van der Waals surface area contributed by atoms with E-state index in [2.05, 4.69) is 50.4 Å². The van der Waals surface area contributed by atoms with Crippen molar-refractivity contribution in [2.45, 2.75) is 52.5 Å². The van der Waals surface area contributed by atoms with Gasteiger partial charge in [0.1, 0.15) is 0 Å². The molecule has 1 heteroatoms. The third-order valence-electron chi connectivity index (χ3n) is 3.44. The molecule has 1 fully saturated rings. The molecule has 0 saturated heterocycles. The van der Waals surface area contributed by atoms with Crippen molar-refractivity contribution in [3.8, 4) is 0 Å². The Morgan fingerprint density at radius 2 is 1.88 bits per heavy atom. The summed E-state index contributed by atoms with van der Waals surface area (Å²) in [6, 6.07) is 8.91. The number of hydrogen-bond acceptors (Lipinski definition) is 1. The molecule has 0 aliphatic heterocycles. The van der Waals surface area contributed by atoms with E-state index in [0.29, 0.717) is 5.41 Å². The minimum atomic E-state index is 0.434. The molecule has 2 rings (SSSR count). The van der Waals surface area contributed by atoms with Crippen molar-refractivity contribution in [3.05, 3.63) is 35.4 Å². The second-order valence-electron chi connectivity index (χ2n) is 6.46. The lowest BCUT2D eigenvalue weighted by Crippen LogP contribution is -2.20. The Kier molecular flexibility index (Phi) is 3.88. The topological polar surface area (TPSA) is 12.0 Å². The van der Waals surface area contributed by atoms with Crippen LogP contribution in [-0.2, 0) is 6.54 Å². The van der Waals surface area contributed by atoms with Gasteiger partial charge in [0.2, 0.25) is 0 Å². The fraction of sp³-hybridized carbons (Fsp3) is 0.625. The van der Waals surface area contributed by atoms with Gasteiger partial charge in [-0.1, -0.05) is 45.0 Å². The second-order valence-corrected chi connectivity index (χ2v) is 6.46. The van der Waals surface area contributed by atoms with Crippen molar-refractivity contribution in [1.29, 1.82) is 0 Å². The Hall–Kier alpha value is -0.820. The lowest BCUT2D eigenvalue weighted by atomic mass is 9.92. The van der Waals surface area contributed by atoms with Gasteiger partial charge in [-0.2, -0.15) is 0 Å². The summed E-state index contributed by atoms with van der Waals surface area (Å²) in [6.45, 7) is 9.04. The molecule has 1 aliphatic carbocycles. The summed E-state index contributed by atoms with van der Waals surface area (Å²) in [4.78, 5) is 0. The highest BCUT2D eigenvalue weighted by atomic mass is 14.8. The fourth-order valence-electron chi connectivity index (χ4n) is 2.17. The maximum atomic E-state index is 3.58. The standard InChI is InChI=1S/C16H25N/c1-16(2,3)10-11-17-12-14-6-4-5-7-15(14)13-8-9-13/h4-7,13,17H,8-12H2,1-3H3. The molecule has 0 unspecified atom stereocenters. The van der Waals surface area contributed by atoms with Gasteiger partial charge in [-0.05, 0) is 48.3 Å². The van der Waals surface area contributed by atoms with Gasteiger partial charge in [-0.25, -0.2) is 0 Å². The van der Waals surface area contributed by atoms with E-state index < -0.39 is 0 Å². The molecule has 0 heterocycles. The largest absolute Gasteiger partial charge is 0.313 e. The summed E-state index contributed by atoms with van der Waals surface area (Å²) >= 11 is 0. The van der Waals surface area contributed by atoms with Crippen LogP contribution in [0.3, 0.4) is 0 Å². The Balaban J connectivity index is 1.82. The third kappa shape index (κ3) is 4.16. The van der Waals surface area contributed by atoms with Crippen LogP contribution in [0, 0.1) is 5.41 Å². The normalized spacial score (nSPS) is 16.2. The van der Waals surface area contributed by atoms with Crippen molar-refractivity contribution in [2.75, 3.05) is 6.54 Å². The fourth-order valence-corrected chi connectivity index (χ4v) is 2.17. The van der Waals surface area contributed by atoms with E-state index in [1.807, 2.05) is 0 Å². The van der Waals surface area contributed by atoms with E-state index in [9.17, 15) is 0 Å². The highest BCUT2D eigenvalue weighted by Crippen LogP contribution is 2.41. The molecule has 0 aromatic heterocycles. The van der Waals surface area contributed by atoms with E-state index in [4.69, 9.17) is 0 Å². The molecule has 0 bridgehead atoms. The molecule has 1 aliphatic rings. The van der Waals surface area contributed by atoms with Crippen LogP contribution in [0.1, 0.15) is 57.1 Å². The number of nitrogens with one attached hydrogen (secondary N) is 1.